The topological polar surface area (TPSA) is 20.2 Å². The van der Waals surface area contributed by atoms with Crippen molar-refractivity contribution in [3.63, 3.8) is 0 Å². The Morgan fingerprint density at radius 3 is 2.58 bits per heavy atom. The lowest BCUT2D eigenvalue weighted by Crippen LogP contribution is -2.25. The van der Waals surface area contributed by atoms with Gasteiger partial charge >= 0.3 is 0 Å². The molecule has 0 aromatic carbocycles. The van der Waals surface area contributed by atoms with Crippen molar-refractivity contribution in [1.29, 1.82) is 0 Å². The first-order valence-corrected chi connectivity index (χ1v) is 4.64. The molecule has 0 aromatic heterocycles. The van der Waals surface area contributed by atoms with Gasteiger partial charge in [-0.3, -0.25) is 0 Å². The summed E-state index contributed by atoms with van der Waals surface area (Å²) in [5, 5.41) is 9.31. The Morgan fingerprint density at radius 1 is 1.42 bits per heavy atom. The van der Waals surface area contributed by atoms with Crippen molar-refractivity contribution in [3.05, 3.63) is 24.3 Å². The second-order valence-electron chi connectivity index (χ2n) is 4.11. The molecule has 1 unspecified atom stereocenters. The molecule has 0 heterocycles. The number of rotatable bonds is 3. The highest BCUT2D eigenvalue weighted by Gasteiger charge is 2.26. The van der Waals surface area contributed by atoms with Crippen molar-refractivity contribution in [3.8, 4) is 0 Å². The molecule has 0 bridgehead atoms. The molecule has 0 spiro atoms. The molecule has 12 heavy (non-hydrogen) atoms. The average molecular weight is 166 g/mol. The van der Waals surface area contributed by atoms with E-state index in [1.165, 1.54) is 0 Å². The van der Waals surface area contributed by atoms with Crippen LogP contribution in [0, 0.1) is 11.3 Å². The molecule has 0 saturated carbocycles. The van der Waals surface area contributed by atoms with Gasteiger partial charge in [-0.05, 0) is 18.8 Å². The second kappa shape index (κ2) is 3.90. The summed E-state index contributed by atoms with van der Waals surface area (Å²) >= 11 is 0. The zero-order valence-electron chi connectivity index (χ0n) is 7.96. The van der Waals surface area contributed by atoms with Crippen molar-refractivity contribution >= 4 is 0 Å². The van der Waals surface area contributed by atoms with Crippen molar-refractivity contribution in [2.75, 3.05) is 6.61 Å². The third kappa shape index (κ3) is 2.21. The Hall–Kier alpha value is -0.560. The van der Waals surface area contributed by atoms with Crippen LogP contribution in [-0.2, 0) is 0 Å². The van der Waals surface area contributed by atoms with Gasteiger partial charge in [0, 0.05) is 5.41 Å². The molecular formula is C11H18O. The SMILES string of the molecule is CC(C)CC1(CO)C=CC=CC1. The molecule has 0 aromatic rings. The maximum absolute atomic E-state index is 9.31. The minimum Gasteiger partial charge on any atom is -0.395 e. The number of hydrogen-bond acceptors (Lipinski definition) is 1. The molecule has 1 heteroatoms. The third-order valence-electron chi connectivity index (χ3n) is 2.35. The highest BCUT2D eigenvalue weighted by molar-refractivity contribution is 5.16. The Balaban J connectivity index is 2.63. The predicted molar refractivity (Wildman–Crippen MR) is 51.9 cm³/mol. The van der Waals surface area contributed by atoms with E-state index in [4.69, 9.17) is 0 Å². The molecule has 1 aliphatic rings. The maximum Gasteiger partial charge on any atom is 0.0525 e. The number of hydrogen-bond donors (Lipinski definition) is 1. The smallest absolute Gasteiger partial charge is 0.0525 e. The van der Waals surface area contributed by atoms with E-state index in [0.29, 0.717) is 5.92 Å². The van der Waals surface area contributed by atoms with E-state index in [1.54, 1.807) is 0 Å². The lowest BCUT2D eigenvalue weighted by atomic mass is 9.76. The fourth-order valence-electron chi connectivity index (χ4n) is 1.86. The van der Waals surface area contributed by atoms with Crippen LogP contribution in [0.25, 0.3) is 0 Å². The normalized spacial score (nSPS) is 28.3. The molecule has 1 N–H and O–H groups in total. The van der Waals surface area contributed by atoms with E-state index in [1.807, 2.05) is 12.2 Å². The minimum atomic E-state index is 0.0307. The first-order chi connectivity index (χ1) is 5.68. The van der Waals surface area contributed by atoms with Crippen molar-refractivity contribution in [2.45, 2.75) is 26.7 Å². The van der Waals surface area contributed by atoms with Crippen LogP contribution >= 0.6 is 0 Å². The van der Waals surface area contributed by atoms with Gasteiger partial charge in [0.15, 0.2) is 0 Å². The lowest BCUT2D eigenvalue weighted by Gasteiger charge is -2.30. The summed E-state index contributed by atoms with van der Waals surface area (Å²) in [4.78, 5) is 0. The zero-order valence-corrected chi connectivity index (χ0v) is 7.96. The molecule has 0 amide bonds. The highest BCUT2D eigenvalue weighted by Crippen LogP contribution is 2.34. The van der Waals surface area contributed by atoms with Gasteiger partial charge in [-0.15, -0.1) is 0 Å². The lowest BCUT2D eigenvalue weighted by molar-refractivity contribution is 0.146. The summed E-state index contributed by atoms with van der Waals surface area (Å²) in [5.74, 6) is 0.647. The Labute approximate surface area is 74.8 Å². The molecule has 1 atom stereocenters. The van der Waals surface area contributed by atoms with Gasteiger partial charge < -0.3 is 5.11 Å². The van der Waals surface area contributed by atoms with Gasteiger partial charge in [0.2, 0.25) is 0 Å². The first-order valence-electron chi connectivity index (χ1n) is 4.64. The summed E-state index contributed by atoms with van der Waals surface area (Å²) in [6.07, 6.45) is 10.4. The monoisotopic (exact) mass is 166 g/mol. The Kier molecular flexibility index (Phi) is 3.10. The molecular weight excluding hydrogens is 148 g/mol. The number of aliphatic hydroxyl groups is 1. The van der Waals surface area contributed by atoms with Crippen LogP contribution in [0.4, 0.5) is 0 Å². The number of aliphatic hydroxyl groups excluding tert-OH is 1. The van der Waals surface area contributed by atoms with E-state index in [0.717, 1.165) is 12.8 Å². The molecule has 1 aliphatic carbocycles. The largest absolute Gasteiger partial charge is 0.395 e. The second-order valence-corrected chi connectivity index (χ2v) is 4.11. The van der Waals surface area contributed by atoms with Crippen LogP contribution in [-0.4, -0.2) is 11.7 Å². The third-order valence-corrected chi connectivity index (χ3v) is 2.35. The standard InChI is InChI=1S/C11H18O/c1-10(2)8-11(9-12)6-4-3-5-7-11/h3-6,10,12H,7-9H2,1-2H3. The van der Waals surface area contributed by atoms with Crippen molar-refractivity contribution in [2.24, 2.45) is 11.3 Å². The van der Waals surface area contributed by atoms with Crippen molar-refractivity contribution < 1.29 is 5.11 Å². The Morgan fingerprint density at radius 2 is 2.17 bits per heavy atom. The molecule has 1 rings (SSSR count). The average Bonchev–Trinajstić information content (AvgIpc) is 2.05. The van der Waals surface area contributed by atoms with Crippen LogP contribution in [0.5, 0.6) is 0 Å². The molecule has 0 radical (unpaired) electrons. The summed E-state index contributed by atoms with van der Waals surface area (Å²) in [6.45, 7) is 4.67. The molecule has 1 nitrogen and oxygen atoms in total. The van der Waals surface area contributed by atoms with Gasteiger partial charge in [0.1, 0.15) is 0 Å². The molecule has 0 saturated heterocycles. The van der Waals surface area contributed by atoms with Gasteiger partial charge in [0.05, 0.1) is 6.61 Å². The van der Waals surface area contributed by atoms with Crippen molar-refractivity contribution in [1.82, 2.24) is 0 Å². The highest BCUT2D eigenvalue weighted by atomic mass is 16.3. The first kappa shape index (κ1) is 9.53. The maximum atomic E-state index is 9.31. The van der Waals surface area contributed by atoms with E-state index in [2.05, 4.69) is 26.0 Å². The zero-order chi connectivity index (χ0) is 9.03. The number of allylic oxidation sites excluding steroid dienone is 3. The predicted octanol–water partition coefficient (Wildman–Crippen LogP) is 2.53. The van der Waals surface area contributed by atoms with Gasteiger partial charge in [-0.1, -0.05) is 38.2 Å². The van der Waals surface area contributed by atoms with E-state index in [9.17, 15) is 5.11 Å². The molecule has 0 fully saturated rings. The van der Waals surface area contributed by atoms with Crippen LogP contribution < -0.4 is 0 Å². The van der Waals surface area contributed by atoms with E-state index >= 15 is 0 Å². The Bertz CT molecular complexity index is 191. The summed E-state index contributed by atoms with van der Waals surface area (Å²) in [5.41, 5.74) is 0.0307. The summed E-state index contributed by atoms with van der Waals surface area (Å²) in [7, 11) is 0. The van der Waals surface area contributed by atoms with Crippen LogP contribution in [0.3, 0.4) is 0 Å². The molecule has 68 valence electrons. The summed E-state index contributed by atoms with van der Waals surface area (Å²) < 4.78 is 0. The quantitative estimate of drug-likeness (QED) is 0.683. The van der Waals surface area contributed by atoms with Crippen LogP contribution in [0.2, 0.25) is 0 Å². The fraction of sp³-hybridized carbons (Fsp3) is 0.636. The van der Waals surface area contributed by atoms with Crippen LogP contribution in [0.1, 0.15) is 26.7 Å². The van der Waals surface area contributed by atoms with Gasteiger partial charge in [0.25, 0.3) is 0 Å². The summed E-state index contributed by atoms with van der Waals surface area (Å²) in [6, 6.07) is 0. The minimum absolute atomic E-state index is 0.0307. The fourth-order valence-corrected chi connectivity index (χ4v) is 1.86. The van der Waals surface area contributed by atoms with Gasteiger partial charge in [-0.2, -0.15) is 0 Å². The van der Waals surface area contributed by atoms with Gasteiger partial charge in [-0.25, -0.2) is 0 Å². The molecule has 0 aliphatic heterocycles. The van der Waals surface area contributed by atoms with E-state index in [-0.39, 0.29) is 12.0 Å². The van der Waals surface area contributed by atoms with Crippen LogP contribution in [0.15, 0.2) is 24.3 Å². The van der Waals surface area contributed by atoms with E-state index < -0.39 is 0 Å².